The standard InChI is InChI=1S/C18H18O2/c19-16-11-12-17(14-7-3-1-4-8-14)18(20-13-16)15-9-5-2-6-10-15/h1-10,17-18H,11-13H2/t17-,18-/m1/s1. The van der Waals surface area contributed by atoms with E-state index >= 15 is 0 Å². The third-order valence-corrected chi connectivity index (χ3v) is 3.88. The van der Waals surface area contributed by atoms with Gasteiger partial charge in [-0.15, -0.1) is 0 Å². The molecule has 0 spiro atoms. The van der Waals surface area contributed by atoms with Crippen LogP contribution in [-0.2, 0) is 9.53 Å². The predicted octanol–water partition coefficient (Wildman–Crippen LogP) is 3.89. The van der Waals surface area contributed by atoms with Crippen molar-refractivity contribution in [2.45, 2.75) is 24.9 Å². The summed E-state index contributed by atoms with van der Waals surface area (Å²) in [5, 5.41) is 0. The third kappa shape index (κ3) is 2.81. The van der Waals surface area contributed by atoms with Crippen molar-refractivity contribution >= 4 is 5.78 Å². The van der Waals surface area contributed by atoms with Gasteiger partial charge in [-0.25, -0.2) is 0 Å². The zero-order valence-electron chi connectivity index (χ0n) is 11.4. The van der Waals surface area contributed by atoms with Crippen LogP contribution >= 0.6 is 0 Å². The monoisotopic (exact) mass is 266 g/mol. The van der Waals surface area contributed by atoms with Crippen LogP contribution in [0.25, 0.3) is 0 Å². The topological polar surface area (TPSA) is 26.3 Å². The number of ether oxygens (including phenoxy) is 1. The maximum Gasteiger partial charge on any atom is 0.158 e. The molecule has 0 unspecified atom stereocenters. The highest BCUT2D eigenvalue weighted by molar-refractivity contribution is 5.80. The first kappa shape index (κ1) is 13.1. The summed E-state index contributed by atoms with van der Waals surface area (Å²) in [5.74, 6) is 0.439. The average Bonchev–Trinajstić information content (AvgIpc) is 2.71. The highest BCUT2D eigenvalue weighted by Crippen LogP contribution is 2.39. The Morgan fingerprint density at radius 2 is 1.45 bits per heavy atom. The van der Waals surface area contributed by atoms with Gasteiger partial charge in [0.2, 0.25) is 0 Å². The molecule has 2 heteroatoms. The molecule has 0 saturated carbocycles. The molecule has 2 aromatic carbocycles. The largest absolute Gasteiger partial charge is 0.365 e. The molecule has 0 radical (unpaired) electrons. The molecule has 1 fully saturated rings. The molecule has 20 heavy (non-hydrogen) atoms. The van der Waals surface area contributed by atoms with E-state index in [0.717, 1.165) is 12.0 Å². The summed E-state index contributed by atoms with van der Waals surface area (Å²) < 4.78 is 5.92. The second kappa shape index (κ2) is 6.02. The molecule has 0 amide bonds. The zero-order chi connectivity index (χ0) is 13.8. The molecule has 0 aromatic heterocycles. The molecule has 0 bridgehead atoms. The van der Waals surface area contributed by atoms with Gasteiger partial charge in [0.15, 0.2) is 5.78 Å². The Bertz CT molecular complexity index is 511. The minimum atomic E-state index is -0.0370. The van der Waals surface area contributed by atoms with Gasteiger partial charge in [-0.3, -0.25) is 4.79 Å². The van der Waals surface area contributed by atoms with Crippen molar-refractivity contribution in [2.75, 3.05) is 6.61 Å². The molecule has 0 aliphatic carbocycles. The van der Waals surface area contributed by atoms with E-state index < -0.39 is 0 Å². The summed E-state index contributed by atoms with van der Waals surface area (Å²) >= 11 is 0. The highest BCUT2D eigenvalue weighted by atomic mass is 16.5. The number of Topliss-reactive ketones (excluding diaryl/α,β-unsaturated/α-hetero) is 1. The number of hydrogen-bond donors (Lipinski definition) is 0. The van der Waals surface area contributed by atoms with Gasteiger partial charge in [-0.2, -0.15) is 0 Å². The number of ketones is 1. The van der Waals surface area contributed by atoms with Crippen molar-refractivity contribution in [3.8, 4) is 0 Å². The summed E-state index contributed by atoms with van der Waals surface area (Å²) in [5.41, 5.74) is 2.40. The molecule has 102 valence electrons. The lowest BCUT2D eigenvalue weighted by Gasteiger charge is -2.25. The predicted molar refractivity (Wildman–Crippen MR) is 78.6 cm³/mol. The summed E-state index contributed by atoms with van der Waals surface area (Å²) in [6.45, 7) is 0.225. The molecular weight excluding hydrogens is 248 g/mol. The fraction of sp³-hybridized carbons (Fsp3) is 0.278. The van der Waals surface area contributed by atoms with E-state index in [1.165, 1.54) is 5.56 Å². The van der Waals surface area contributed by atoms with Crippen molar-refractivity contribution in [3.05, 3.63) is 71.8 Å². The number of rotatable bonds is 2. The van der Waals surface area contributed by atoms with Crippen LogP contribution in [0, 0.1) is 0 Å². The number of carbonyl (C=O) groups is 1. The Kier molecular flexibility index (Phi) is 3.93. The molecule has 1 saturated heterocycles. The minimum Gasteiger partial charge on any atom is -0.365 e. The molecule has 3 rings (SSSR count). The maximum absolute atomic E-state index is 11.7. The van der Waals surface area contributed by atoms with Crippen molar-refractivity contribution in [1.82, 2.24) is 0 Å². The first-order valence-corrected chi connectivity index (χ1v) is 7.08. The van der Waals surface area contributed by atoms with Gasteiger partial charge in [0, 0.05) is 12.3 Å². The Morgan fingerprint density at radius 1 is 0.850 bits per heavy atom. The molecular formula is C18H18O2. The Balaban J connectivity index is 1.96. The lowest BCUT2D eigenvalue weighted by molar-refractivity contribution is -0.123. The SMILES string of the molecule is O=C1CC[C@H](c2ccccc2)[C@@H](c2ccccc2)OC1. The minimum absolute atomic E-state index is 0.0370. The van der Waals surface area contributed by atoms with E-state index in [1.54, 1.807) is 0 Å². The lowest BCUT2D eigenvalue weighted by atomic mass is 9.86. The second-order valence-electron chi connectivity index (χ2n) is 5.24. The van der Waals surface area contributed by atoms with Gasteiger partial charge >= 0.3 is 0 Å². The summed E-state index contributed by atoms with van der Waals surface area (Å²) in [4.78, 5) is 11.7. The van der Waals surface area contributed by atoms with Crippen molar-refractivity contribution < 1.29 is 9.53 Å². The summed E-state index contributed by atoms with van der Waals surface area (Å²) in [6.07, 6.45) is 1.41. The van der Waals surface area contributed by atoms with Crippen molar-refractivity contribution in [1.29, 1.82) is 0 Å². The Hall–Kier alpha value is -1.93. The smallest absolute Gasteiger partial charge is 0.158 e. The quantitative estimate of drug-likeness (QED) is 0.824. The normalized spacial score (nSPS) is 23.3. The van der Waals surface area contributed by atoms with Crippen LogP contribution in [0.1, 0.15) is 36.0 Å². The summed E-state index contributed by atoms with van der Waals surface area (Å²) in [6, 6.07) is 20.6. The van der Waals surface area contributed by atoms with Crippen LogP contribution in [0.3, 0.4) is 0 Å². The van der Waals surface area contributed by atoms with Gasteiger partial charge < -0.3 is 4.74 Å². The lowest BCUT2D eigenvalue weighted by Crippen LogP contribution is -2.13. The van der Waals surface area contributed by atoms with Crippen LogP contribution in [0.15, 0.2) is 60.7 Å². The first-order valence-electron chi connectivity index (χ1n) is 7.08. The van der Waals surface area contributed by atoms with E-state index in [2.05, 4.69) is 24.3 Å². The van der Waals surface area contributed by atoms with Gasteiger partial charge in [0.1, 0.15) is 6.61 Å². The van der Waals surface area contributed by atoms with Crippen molar-refractivity contribution in [2.24, 2.45) is 0 Å². The molecule has 0 N–H and O–H groups in total. The highest BCUT2D eigenvalue weighted by Gasteiger charge is 2.29. The summed E-state index contributed by atoms with van der Waals surface area (Å²) in [7, 11) is 0. The second-order valence-corrected chi connectivity index (χ2v) is 5.24. The van der Waals surface area contributed by atoms with E-state index in [4.69, 9.17) is 4.74 Å². The number of benzene rings is 2. The van der Waals surface area contributed by atoms with Crippen LogP contribution in [-0.4, -0.2) is 12.4 Å². The molecule has 2 aromatic rings. The molecule has 2 atom stereocenters. The number of carbonyl (C=O) groups excluding carboxylic acids is 1. The fourth-order valence-corrected chi connectivity index (χ4v) is 2.85. The van der Waals surface area contributed by atoms with Gasteiger partial charge in [-0.1, -0.05) is 60.7 Å². The van der Waals surface area contributed by atoms with E-state index in [1.807, 2.05) is 36.4 Å². The molecule has 2 nitrogen and oxygen atoms in total. The van der Waals surface area contributed by atoms with Gasteiger partial charge in [0.25, 0.3) is 0 Å². The van der Waals surface area contributed by atoms with Crippen LogP contribution in [0.4, 0.5) is 0 Å². The van der Waals surface area contributed by atoms with Crippen LogP contribution in [0.5, 0.6) is 0 Å². The van der Waals surface area contributed by atoms with Crippen LogP contribution < -0.4 is 0 Å². The van der Waals surface area contributed by atoms with E-state index in [0.29, 0.717) is 6.42 Å². The Labute approximate surface area is 119 Å². The third-order valence-electron chi connectivity index (χ3n) is 3.88. The van der Waals surface area contributed by atoms with E-state index in [-0.39, 0.29) is 24.4 Å². The Morgan fingerprint density at radius 3 is 2.10 bits per heavy atom. The molecule has 1 heterocycles. The molecule has 1 aliphatic heterocycles. The zero-order valence-corrected chi connectivity index (χ0v) is 11.4. The average molecular weight is 266 g/mol. The number of hydrogen-bond acceptors (Lipinski definition) is 2. The van der Waals surface area contributed by atoms with Gasteiger partial charge in [-0.05, 0) is 17.5 Å². The van der Waals surface area contributed by atoms with Crippen molar-refractivity contribution in [3.63, 3.8) is 0 Å². The van der Waals surface area contributed by atoms with Gasteiger partial charge in [0.05, 0.1) is 6.10 Å². The van der Waals surface area contributed by atoms with Crippen LogP contribution in [0.2, 0.25) is 0 Å². The molecule has 1 aliphatic rings. The maximum atomic E-state index is 11.7. The first-order chi connectivity index (χ1) is 9.84. The fourth-order valence-electron chi connectivity index (χ4n) is 2.85. The van der Waals surface area contributed by atoms with E-state index in [9.17, 15) is 4.79 Å².